The van der Waals surface area contributed by atoms with E-state index in [-0.39, 0.29) is 24.3 Å². The number of rotatable bonds is 6. The number of benzene rings is 1. The highest BCUT2D eigenvalue weighted by Gasteiger charge is 2.34. The Morgan fingerprint density at radius 3 is 2.79 bits per heavy atom. The fourth-order valence-corrected chi connectivity index (χ4v) is 3.22. The average molecular weight is 412 g/mol. The van der Waals surface area contributed by atoms with Crippen LogP contribution in [0.2, 0.25) is 0 Å². The molecule has 6 nitrogen and oxygen atoms in total. The Morgan fingerprint density at radius 1 is 1.42 bits per heavy atom. The van der Waals surface area contributed by atoms with Crippen molar-refractivity contribution in [3.8, 4) is 5.75 Å². The second-order valence-corrected chi connectivity index (χ2v) is 6.48. The lowest BCUT2D eigenvalue weighted by atomic mass is 10.2. The number of esters is 1. The van der Waals surface area contributed by atoms with Crippen LogP contribution in [0.5, 0.6) is 5.75 Å². The summed E-state index contributed by atoms with van der Waals surface area (Å²) in [7, 11) is 1.28. The standard InChI is InChI=1S/C16H14BrNO5S/c1-3-6-18-15(20)13(24-16(18)21)8-10-4-5-12(11(17)7-10)23-9-14(19)22-2/h3-5,7-8H,1,6,9H2,2H3/b13-8-. The van der Waals surface area contributed by atoms with E-state index >= 15 is 0 Å². The number of amides is 2. The van der Waals surface area contributed by atoms with Crippen molar-refractivity contribution in [1.82, 2.24) is 4.90 Å². The molecule has 1 aliphatic heterocycles. The average Bonchev–Trinajstić information content (AvgIpc) is 2.81. The first-order valence-corrected chi connectivity index (χ1v) is 8.42. The van der Waals surface area contributed by atoms with Crippen molar-refractivity contribution >= 4 is 50.9 Å². The maximum Gasteiger partial charge on any atom is 0.343 e. The van der Waals surface area contributed by atoms with Crippen molar-refractivity contribution in [3.63, 3.8) is 0 Å². The first-order chi connectivity index (χ1) is 11.5. The number of methoxy groups -OCH3 is 1. The first-order valence-electron chi connectivity index (χ1n) is 6.81. The van der Waals surface area contributed by atoms with Crippen LogP contribution in [0.1, 0.15) is 5.56 Å². The van der Waals surface area contributed by atoms with Gasteiger partial charge in [-0.2, -0.15) is 0 Å². The lowest BCUT2D eigenvalue weighted by molar-refractivity contribution is -0.142. The third kappa shape index (κ3) is 4.27. The van der Waals surface area contributed by atoms with Gasteiger partial charge >= 0.3 is 5.97 Å². The van der Waals surface area contributed by atoms with Crippen LogP contribution in [-0.2, 0) is 14.3 Å². The molecule has 1 aromatic rings. The maximum absolute atomic E-state index is 12.2. The highest BCUT2D eigenvalue weighted by molar-refractivity contribution is 9.10. The van der Waals surface area contributed by atoms with E-state index in [0.29, 0.717) is 15.1 Å². The molecule has 1 aromatic carbocycles. The Balaban J connectivity index is 2.14. The lowest BCUT2D eigenvalue weighted by Crippen LogP contribution is -2.27. The van der Waals surface area contributed by atoms with Gasteiger partial charge in [0.25, 0.3) is 11.1 Å². The normalized spacial score (nSPS) is 15.8. The van der Waals surface area contributed by atoms with Gasteiger partial charge in [-0.3, -0.25) is 14.5 Å². The SMILES string of the molecule is C=CCN1C(=O)S/C(=C\c2ccc(OCC(=O)OC)c(Br)c2)C1=O. The van der Waals surface area contributed by atoms with Crippen LogP contribution in [0.4, 0.5) is 4.79 Å². The molecule has 0 saturated carbocycles. The molecule has 0 N–H and O–H groups in total. The minimum absolute atomic E-state index is 0.187. The van der Waals surface area contributed by atoms with Crippen LogP contribution in [0.25, 0.3) is 6.08 Å². The third-order valence-corrected chi connectivity index (χ3v) is 4.54. The molecule has 0 radical (unpaired) electrons. The number of ether oxygens (including phenoxy) is 2. The molecule has 0 unspecified atom stereocenters. The van der Waals surface area contributed by atoms with Gasteiger partial charge in [-0.25, -0.2) is 4.79 Å². The van der Waals surface area contributed by atoms with E-state index in [2.05, 4.69) is 27.2 Å². The van der Waals surface area contributed by atoms with Gasteiger partial charge in [0.15, 0.2) is 6.61 Å². The molecule has 2 rings (SSSR count). The number of hydrogen-bond donors (Lipinski definition) is 0. The summed E-state index contributed by atoms with van der Waals surface area (Å²) in [5.74, 6) is -0.355. The molecule has 126 valence electrons. The van der Waals surface area contributed by atoms with E-state index in [4.69, 9.17) is 4.74 Å². The summed E-state index contributed by atoms with van der Waals surface area (Å²) in [4.78, 5) is 36.5. The minimum atomic E-state index is -0.484. The Kier molecular flexibility index (Phi) is 6.22. The molecule has 0 bridgehead atoms. The summed E-state index contributed by atoms with van der Waals surface area (Å²) in [5.41, 5.74) is 0.719. The largest absolute Gasteiger partial charge is 0.481 e. The van der Waals surface area contributed by atoms with E-state index in [1.165, 1.54) is 13.2 Å². The highest BCUT2D eigenvalue weighted by atomic mass is 79.9. The van der Waals surface area contributed by atoms with Crippen LogP contribution >= 0.6 is 27.7 Å². The predicted molar refractivity (Wildman–Crippen MR) is 94.5 cm³/mol. The quantitative estimate of drug-likeness (QED) is 0.406. The van der Waals surface area contributed by atoms with Crippen molar-refractivity contribution in [3.05, 3.63) is 45.8 Å². The van der Waals surface area contributed by atoms with Gasteiger partial charge in [0.05, 0.1) is 16.5 Å². The Hall–Kier alpha value is -2.06. The number of carbonyl (C=O) groups excluding carboxylic acids is 3. The number of halogens is 1. The van der Waals surface area contributed by atoms with Crippen LogP contribution in [0, 0.1) is 0 Å². The Labute approximate surface area is 151 Å². The molecule has 1 fully saturated rings. The summed E-state index contributed by atoms with van der Waals surface area (Å²) in [6, 6.07) is 5.11. The van der Waals surface area contributed by atoms with Crippen LogP contribution in [0.15, 0.2) is 40.2 Å². The number of imide groups is 1. The molecule has 1 aliphatic rings. The van der Waals surface area contributed by atoms with Crippen molar-refractivity contribution < 1.29 is 23.9 Å². The zero-order valence-electron chi connectivity index (χ0n) is 12.8. The van der Waals surface area contributed by atoms with Crippen molar-refractivity contribution in [2.75, 3.05) is 20.3 Å². The third-order valence-electron chi connectivity index (χ3n) is 3.01. The maximum atomic E-state index is 12.2. The Morgan fingerprint density at radius 2 is 2.17 bits per heavy atom. The summed E-state index contributed by atoms with van der Waals surface area (Å²) in [5, 5.41) is -0.316. The summed E-state index contributed by atoms with van der Waals surface area (Å²) in [6.45, 7) is 3.52. The van der Waals surface area contributed by atoms with Gasteiger partial charge in [-0.05, 0) is 51.5 Å². The van der Waals surface area contributed by atoms with E-state index in [0.717, 1.165) is 22.2 Å². The molecule has 0 aromatic heterocycles. The fourth-order valence-electron chi connectivity index (χ4n) is 1.86. The number of hydrogen-bond acceptors (Lipinski definition) is 6. The molecule has 0 aliphatic carbocycles. The van der Waals surface area contributed by atoms with E-state index < -0.39 is 5.97 Å². The van der Waals surface area contributed by atoms with Crippen molar-refractivity contribution in [1.29, 1.82) is 0 Å². The highest BCUT2D eigenvalue weighted by Crippen LogP contribution is 2.33. The topological polar surface area (TPSA) is 72.9 Å². The molecule has 1 saturated heterocycles. The van der Waals surface area contributed by atoms with E-state index in [1.54, 1.807) is 24.3 Å². The van der Waals surface area contributed by atoms with Gasteiger partial charge in [-0.1, -0.05) is 12.1 Å². The molecular weight excluding hydrogens is 398 g/mol. The zero-order valence-corrected chi connectivity index (χ0v) is 15.2. The van der Waals surface area contributed by atoms with Crippen LogP contribution < -0.4 is 4.74 Å². The first kappa shape index (κ1) is 18.3. The van der Waals surface area contributed by atoms with Gasteiger partial charge < -0.3 is 9.47 Å². The van der Waals surface area contributed by atoms with Crippen LogP contribution in [0.3, 0.4) is 0 Å². The number of nitrogens with zero attached hydrogens (tertiary/aromatic N) is 1. The smallest absolute Gasteiger partial charge is 0.343 e. The number of thioether (sulfide) groups is 1. The molecule has 0 spiro atoms. The van der Waals surface area contributed by atoms with Crippen molar-refractivity contribution in [2.45, 2.75) is 0 Å². The molecule has 8 heteroatoms. The molecule has 24 heavy (non-hydrogen) atoms. The van der Waals surface area contributed by atoms with Gasteiger partial charge in [0.2, 0.25) is 0 Å². The minimum Gasteiger partial charge on any atom is -0.481 e. The molecule has 1 heterocycles. The summed E-state index contributed by atoms with van der Waals surface area (Å²) < 4.78 is 10.4. The zero-order chi connectivity index (χ0) is 17.7. The molecule has 2 amide bonds. The fraction of sp³-hybridized carbons (Fsp3) is 0.188. The summed E-state index contributed by atoms with van der Waals surface area (Å²) >= 11 is 4.23. The Bertz CT molecular complexity index is 731. The van der Waals surface area contributed by atoms with Crippen molar-refractivity contribution in [2.24, 2.45) is 0 Å². The monoisotopic (exact) mass is 411 g/mol. The summed E-state index contributed by atoms with van der Waals surface area (Å²) in [6.07, 6.45) is 3.13. The van der Waals surface area contributed by atoms with Gasteiger partial charge in [-0.15, -0.1) is 6.58 Å². The second-order valence-electron chi connectivity index (χ2n) is 4.64. The lowest BCUT2D eigenvalue weighted by Gasteiger charge is -2.08. The predicted octanol–water partition coefficient (Wildman–Crippen LogP) is 3.22. The van der Waals surface area contributed by atoms with Crippen LogP contribution in [-0.4, -0.2) is 42.3 Å². The number of carbonyl (C=O) groups is 3. The van der Waals surface area contributed by atoms with E-state index in [1.807, 2.05) is 0 Å². The molecule has 0 atom stereocenters. The molecular formula is C16H14BrNO5S. The second kappa shape index (κ2) is 8.16. The van der Waals surface area contributed by atoms with Gasteiger partial charge in [0, 0.05) is 6.54 Å². The van der Waals surface area contributed by atoms with Gasteiger partial charge in [0.1, 0.15) is 5.75 Å². The van der Waals surface area contributed by atoms with E-state index in [9.17, 15) is 14.4 Å².